The minimum absolute atomic E-state index is 1.08. The Labute approximate surface area is 99.0 Å². The molecule has 0 unspecified atom stereocenters. The highest BCUT2D eigenvalue weighted by molar-refractivity contribution is 5.76. The Morgan fingerprint density at radius 2 is 1.88 bits per heavy atom. The lowest BCUT2D eigenvalue weighted by Crippen LogP contribution is -1.86. The van der Waals surface area contributed by atoms with E-state index in [0.717, 1.165) is 5.57 Å². The van der Waals surface area contributed by atoms with Gasteiger partial charge in [0.15, 0.2) is 0 Å². The van der Waals surface area contributed by atoms with Crippen molar-refractivity contribution >= 4 is 5.57 Å². The maximum atomic E-state index is 3.93. The first-order valence-corrected chi connectivity index (χ1v) is 5.62. The molecule has 1 rings (SSSR count). The average molecular weight is 212 g/mol. The molecular weight excluding hydrogens is 192 g/mol. The number of hydrogen-bond donors (Lipinski definition) is 0. The molecule has 0 aliphatic rings. The fourth-order valence-corrected chi connectivity index (χ4v) is 1.59. The lowest BCUT2D eigenvalue weighted by atomic mass is 9.99. The molecule has 0 aliphatic carbocycles. The smallest absolute Gasteiger partial charge is 0.0181 e. The number of benzene rings is 1. The van der Waals surface area contributed by atoms with Crippen molar-refractivity contribution in [2.75, 3.05) is 0 Å². The highest BCUT2D eigenvalue weighted by atomic mass is 14.0. The molecule has 0 heteroatoms. The summed E-state index contributed by atoms with van der Waals surface area (Å²) < 4.78 is 0. The summed E-state index contributed by atoms with van der Waals surface area (Å²) in [7, 11) is 0. The van der Waals surface area contributed by atoms with E-state index < -0.39 is 0 Å². The summed E-state index contributed by atoms with van der Waals surface area (Å²) in [6.07, 6.45) is 6.30. The molecule has 0 atom stereocenters. The quantitative estimate of drug-likeness (QED) is 0.629. The molecule has 0 radical (unpaired) electrons. The summed E-state index contributed by atoms with van der Waals surface area (Å²) in [6.45, 7) is 12.3. The van der Waals surface area contributed by atoms with Crippen LogP contribution in [0.15, 0.2) is 48.6 Å². The number of allylic oxidation sites excluding steroid dienone is 5. The second-order valence-corrected chi connectivity index (χ2v) is 4.25. The minimum Gasteiger partial charge on any atom is -0.0961 e. The monoisotopic (exact) mass is 212 g/mol. The van der Waals surface area contributed by atoms with Gasteiger partial charge < -0.3 is 0 Å². The van der Waals surface area contributed by atoms with Crippen LogP contribution in [0.25, 0.3) is 5.57 Å². The molecule has 16 heavy (non-hydrogen) atoms. The van der Waals surface area contributed by atoms with Crippen molar-refractivity contribution in [1.29, 1.82) is 0 Å². The zero-order valence-electron chi connectivity index (χ0n) is 10.7. The van der Waals surface area contributed by atoms with Crippen molar-refractivity contribution in [1.82, 2.24) is 0 Å². The van der Waals surface area contributed by atoms with E-state index in [-0.39, 0.29) is 0 Å². The third-order valence-electron chi connectivity index (χ3n) is 2.59. The predicted molar refractivity (Wildman–Crippen MR) is 73.5 cm³/mol. The van der Waals surface area contributed by atoms with Crippen molar-refractivity contribution < 1.29 is 0 Å². The van der Waals surface area contributed by atoms with E-state index in [2.05, 4.69) is 56.9 Å². The molecule has 0 aromatic heterocycles. The van der Waals surface area contributed by atoms with Crippen LogP contribution in [0.2, 0.25) is 0 Å². The van der Waals surface area contributed by atoms with Crippen LogP contribution in [0, 0.1) is 13.8 Å². The van der Waals surface area contributed by atoms with Gasteiger partial charge in [0.05, 0.1) is 0 Å². The highest BCUT2D eigenvalue weighted by Gasteiger charge is 2.00. The van der Waals surface area contributed by atoms with E-state index in [1.54, 1.807) is 0 Å². The van der Waals surface area contributed by atoms with E-state index >= 15 is 0 Å². The van der Waals surface area contributed by atoms with Gasteiger partial charge in [0, 0.05) is 0 Å². The second-order valence-electron chi connectivity index (χ2n) is 4.25. The molecule has 84 valence electrons. The van der Waals surface area contributed by atoms with Crippen LogP contribution >= 0.6 is 0 Å². The number of hydrogen-bond acceptors (Lipinski definition) is 0. The first-order chi connectivity index (χ1) is 7.54. The molecule has 0 aliphatic heterocycles. The molecule has 0 bridgehead atoms. The van der Waals surface area contributed by atoms with Crippen molar-refractivity contribution in [3.05, 3.63) is 65.3 Å². The third kappa shape index (κ3) is 3.23. The minimum atomic E-state index is 1.08. The molecule has 0 heterocycles. The molecule has 0 amide bonds. The first kappa shape index (κ1) is 12.5. The van der Waals surface area contributed by atoms with Crippen LogP contribution in [-0.4, -0.2) is 0 Å². The molecule has 1 aromatic carbocycles. The molecule has 0 nitrogen and oxygen atoms in total. The van der Waals surface area contributed by atoms with Crippen LogP contribution < -0.4 is 0 Å². The van der Waals surface area contributed by atoms with Gasteiger partial charge in [-0.3, -0.25) is 0 Å². The van der Waals surface area contributed by atoms with Gasteiger partial charge in [0.25, 0.3) is 0 Å². The Morgan fingerprint density at radius 3 is 2.38 bits per heavy atom. The summed E-state index contributed by atoms with van der Waals surface area (Å²) in [5.41, 5.74) is 6.21. The highest BCUT2D eigenvalue weighted by Crippen LogP contribution is 2.20. The Hall–Kier alpha value is -1.56. The number of rotatable bonds is 3. The van der Waals surface area contributed by atoms with Crippen LogP contribution in [0.5, 0.6) is 0 Å². The molecule has 0 spiro atoms. The number of aryl methyl sites for hydroxylation is 2. The lowest BCUT2D eigenvalue weighted by molar-refractivity contribution is 1.33. The van der Waals surface area contributed by atoms with E-state index in [1.807, 2.05) is 13.8 Å². The van der Waals surface area contributed by atoms with Gasteiger partial charge in [-0.05, 0) is 50.0 Å². The van der Waals surface area contributed by atoms with Crippen molar-refractivity contribution in [3.8, 4) is 0 Å². The maximum absolute atomic E-state index is 3.93. The van der Waals surface area contributed by atoms with Gasteiger partial charge in [-0.2, -0.15) is 0 Å². The molecule has 1 aromatic rings. The molecule has 0 saturated heterocycles. The fraction of sp³-hybridized carbons (Fsp3) is 0.250. The Kier molecular flexibility index (Phi) is 4.30. The van der Waals surface area contributed by atoms with Gasteiger partial charge in [-0.1, -0.05) is 48.6 Å². The van der Waals surface area contributed by atoms with Gasteiger partial charge in [0.1, 0.15) is 0 Å². The normalized spacial score (nSPS) is 12.1. The predicted octanol–water partition coefficient (Wildman–Crippen LogP) is 4.84. The molecule has 0 N–H and O–H groups in total. The summed E-state index contributed by atoms with van der Waals surface area (Å²) >= 11 is 0. The van der Waals surface area contributed by atoms with E-state index in [0.29, 0.717) is 0 Å². The second kappa shape index (κ2) is 5.50. The Balaban J connectivity index is 3.21. The van der Waals surface area contributed by atoms with Crippen molar-refractivity contribution in [3.63, 3.8) is 0 Å². The van der Waals surface area contributed by atoms with Crippen molar-refractivity contribution in [2.45, 2.75) is 27.7 Å². The van der Waals surface area contributed by atoms with Gasteiger partial charge >= 0.3 is 0 Å². The third-order valence-corrected chi connectivity index (χ3v) is 2.59. The average Bonchev–Trinajstić information content (AvgIpc) is 2.21. The SMILES string of the molecule is C=C(C)/C=C(\C=C/C)c1ccc(C)c(C)c1. The summed E-state index contributed by atoms with van der Waals surface area (Å²) in [6, 6.07) is 6.56. The largest absolute Gasteiger partial charge is 0.0961 e. The van der Waals surface area contributed by atoms with E-state index in [9.17, 15) is 0 Å². The zero-order chi connectivity index (χ0) is 12.1. The molecule has 0 saturated carbocycles. The van der Waals surface area contributed by atoms with Crippen molar-refractivity contribution in [2.24, 2.45) is 0 Å². The van der Waals surface area contributed by atoms with E-state index in [1.165, 1.54) is 22.3 Å². The fourth-order valence-electron chi connectivity index (χ4n) is 1.59. The Morgan fingerprint density at radius 1 is 1.19 bits per heavy atom. The van der Waals surface area contributed by atoms with E-state index in [4.69, 9.17) is 0 Å². The van der Waals surface area contributed by atoms with Crippen LogP contribution in [0.1, 0.15) is 30.5 Å². The van der Waals surface area contributed by atoms with Gasteiger partial charge in [-0.15, -0.1) is 0 Å². The zero-order valence-corrected chi connectivity index (χ0v) is 10.7. The summed E-state index contributed by atoms with van der Waals surface area (Å²) in [5, 5.41) is 0. The summed E-state index contributed by atoms with van der Waals surface area (Å²) in [5.74, 6) is 0. The first-order valence-electron chi connectivity index (χ1n) is 5.62. The van der Waals surface area contributed by atoms with Crippen LogP contribution in [0.4, 0.5) is 0 Å². The molecular formula is C16H20. The van der Waals surface area contributed by atoms with Gasteiger partial charge in [-0.25, -0.2) is 0 Å². The van der Waals surface area contributed by atoms with Crippen LogP contribution in [-0.2, 0) is 0 Å². The summed E-state index contributed by atoms with van der Waals surface area (Å²) in [4.78, 5) is 0. The standard InChI is InChI=1S/C16H20/c1-6-7-15(10-12(2)3)16-9-8-13(4)14(5)11-16/h6-11H,2H2,1,3-5H3/b7-6-,15-10+. The maximum Gasteiger partial charge on any atom is -0.0181 e. The molecule has 0 fully saturated rings. The van der Waals surface area contributed by atoms with Crippen LogP contribution in [0.3, 0.4) is 0 Å². The topological polar surface area (TPSA) is 0 Å². The Bertz CT molecular complexity index is 445. The van der Waals surface area contributed by atoms with Gasteiger partial charge in [0.2, 0.25) is 0 Å². The lowest BCUT2D eigenvalue weighted by Gasteiger charge is -2.06.